The van der Waals surface area contributed by atoms with Crippen molar-refractivity contribution in [3.05, 3.63) is 52.6 Å². The summed E-state index contributed by atoms with van der Waals surface area (Å²) < 4.78 is 0. The number of rotatable bonds is 3. The minimum atomic E-state index is -0.286. The summed E-state index contributed by atoms with van der Waals surface area (Å²) in [6.45, 7) is 0. The number of carbonyl (C=O) groups excluding carboxylic acids is 3. The molecule has 3 aliphatic rings. The zero-order valence-corrected chi connectivity index (χ0v) is 16.7. The molecule has 1 N–H and O–H groups in total. The zero-order chi connectivity index (χ0) is 20.0. The van der Waals surface area contributed by atoms with Gasteiger partial charge < -0.3 is 0 Å². The number of benzene rings is 1. The van der Waals surface area contributed by atoms with Gasteiger partial charge in [0.2, 0.25) is 11.8 Å². The number of carbonyl (C=O) groups is 3. The molecule has 0 spiro atoms. The van der Waals surface area contributed by atoms with Crippen molar-refractivity contribution in [2.75, 3.05) is 10.2 Å². The number of hydrogen-bond donors (Lipinski definition) is 1. The highest BCUT2D eigenvalue weighted by Gasteiger charge is 2.47. The third-order valence-electron chi connectivity index (χ3n) is 5.94. The normalized spacial score (nSPS) is 23.1. The predicted molar refractivity (Wildman–Crippen MR) is 111 cm³/mol. The van der Waals surface area contributed by atoms with Gasteiger partial charge >= 0.3 is 0 Å². The lowest BCUT2D eigenvalue weighted by Crippen LogP contribution is -2.31. The Hall–Kier alpha value is -2.80. The number of aryl methyl sites for hydroxylation is 2. The van der Waals surface area contributed by atoms with Crippen molar-refractivity contribution >= 4 is 39.9 Å². The van der Waals surface area contributed by atoms with Crippen molar-refractivity contribution in [2.45, 2.75) is 38.5 Å². The van der Waals surface area contributed by atoms with E-state index in [2.05, 4.69) is 10.3 Å². The lowest BCUT2D eigenvalue weighted by atomic mass is 9.85. The van der Waals surface area contributed by atoms with Gasteiger partial charge in [0.1, 0.15) is 0 Å². The summed E-state index contributed by atoms with van der Waals surface area (Å²) in [4.78, 5) is 45.4. The fraction of sp³-hybridized carbons (Fsp3) is 0.364. The summed E-state index contributed by atoms with van der Waals surface area (Å²) in [5.74, 6) is -1.20. The number of aromatic nitrogens is 1. The minimum Gasteiger partial charge on any atom is -0.298 e. The van der Waals surface area contributed by atoms with Crippen molar-refractivity contribution in [2.24, 2.45) is 11.8 Å². The molecule has 1 saturated heterocycles. The van der Waals surface area contributed by atoms with E-state index in [9.17, 15) is 14.4 Å². The van der Waals surface area contributed by atoms with Crippen molar-refractivity contribution in [3.63, 3.8) is 0 Å². The molecule has 2 heterocycles. The Kier molecular flexibility index (Phi) is 4.54. The zero-order valence-electron chi connectivity index (χ0n) is 15.9. The molecule has 0 bridgehead atoms. The number of thiazole rings is 1. The highest BCUT2D eigenvalue weighted by molar-refractivity contribution is 7.15. The smallest absolute Gasteiger partial charge is 0.257 e. The molecule has 1 aliphatic heterocycles. The Morgan fingerprint density at radius 3 is 2.52 bits per heavy atom. The molecule has 7 heteroatoms. The second-order valence-electron chi connectivity index (χ2n) is 7.77. The highest BCUT2D eigenvalue weighted by Crippen LogP contribution is 2.38. The van der Waals surface area contributed by atoms with Gasteiger partial charge in [-0.1, -0.05) is 18.2 Å². The molecular formula is C22H21N3O3S. The van der Waals surface area contributed by atoms with Crippen LogP contribution in [0.1, 0.15) is 46.6 Å². The number of anilines is 2. The fourth-order valence-corrected chi connectivity index (χ4v) is 5.46. The van der Waals surface area contributed by atoms with E-state index in [-0.39, 0.29) is 29.6 Å². The van der Waals surface area contributed by atoms with Crippen molar-refractivity contribution < 1.29 is 14.4 Å². The van der Waals surface area contributed by atoms with Crippen LogP contribution in [0.2, 0.25) is 0 Å². The van der Waals surface area contributed by atoms with Gasteiger partial charge in [-0.25, -0.2) is 4.98 Å². The van der Waals surface area contributed by atoms with E-state index in [4.69, 9.17) is 0 Å². The van der Waals surface area contributed by atoms with E-state index in [1.807, 2.05) is 12.2 Å². The quantitative estimate of drug-likeness (QED) is 0.621. The van der Waals surface area contributed by atoms with Crippen LogP contribution in [-0.2, 0) is 22.4 Å². The second-order valence-corrected chi connectivity index (χ2v) is 8.85. The average molecular weight is 407 g/mol. The van der Waals surface area contributed by atoms with Gasteiger partial charge in [-0.15, -0.1) is 11.3 Å². The van der Waals surface area contributed by atoms with E-state index in [1.165, 1.54) is 27.5 Å². The first kappa shape index (κ1) is 18.2. The monoisotopic (exact) mass is 407 g/mol. The number of allylic oxidation sites excluding steroid dienone is 2. The third kappa shape index (κ3) is 3.19. The second kappa shape index (κ2) is 7.22. The van der Waals surface area contributed by atoms with E-state index in [0.29, 0.717) is 29.2 Å². The van der Waals surface area contributed by atoms with Crippen LogP contribution >= 0.6 is 11.3 Å². The van der Waals surface area contributed by atoms with E-state index in [0.717, 1.165) is 25.0 Å². The molecule has 6 nitrogen and oxygen atoms in total. The summed E-state index contributed by atoms with van der Waals surface area (Å²) in [7, 11) is 0. The van der Waals surface area contributed by atoms with Gasteiger partial charge in [-0.2, -0.15) is 0 Å². The molecule has 1 fully saturated rings. The topological polar surface area (TPSA) is 79.4 Å². The summed E-state index contributed by atoms with van der Waals surface area (Å²) in [6, 6.07) is 6.72. The lowest BCUT2D eigenvalue weighted by Gasteiger charge is -2.15. The third-order valence-corrected chi connectivity index (χ3v) is 7.01. The van der Waals surface area contributed by atoms with Crippen LogP contribution in [0.15, 0.2) is 36.4 Å². The maximum Gasteiger partial charge on any atom is 0.257 e. The number of imide groups is 1. The largest absolute Gasteiger partial charge is 0.298 e. The van der Waals surface area contributed by atoms with Crippen molar-refractivity contribution in [1.29, 1.82) is 0 Å². The summed E-state index contributed by atoms with van der Waals surface area (Å²) in [5.41, 5.74) is 1.96. The summed E-state index contributed by atoms with van der Waals surface area (Å²) in [6.07, 6.45) is 9.42. The van der Waals surface area contributed by atoms with Gasteiger partial charge in [-0.05, 0) is 56.7 Å². The van der Waals surface area contributed by atoms with Gasteiger partial charge in [-0.3, -0.25) is 24.6 Å². The summed E-state index contributed by atoms with van der Waals surface area (Å²) >= 11 is 1.53. The molecule has 148 valence electrons. The van der Waals surface area contributed by atoms with Crippen LogP contribution in [0.3, 0.4) is 0 Å². The van der Waals surface area contributed by atoms with Crippen LogP contribution in [0.25, 0.3) is 0 Å². The maximum absolute atomic E-state index is 12.8. The van der Waals surface area contributed by atoms with Crippen LogP contribution in [0, 0.1) is 11.8 Å². The van der Waals surface area contributed by atoms with Crippen LogP contribution in [-0.4, -0.2) is 22.7 Å². The van der Waals surface area contributed by atoms with Gasteiger partial charge in [0.25, 0.3) is 5.91 Å². The number of amides is 3. The average Bonchev–Trinajstić information content (AvgIpc) is 3.26. The van der Waals surface area contributed by atoms with E-state index >= 15 is 0 Å². The fourth-order valence-electron chi connectivity index (χ4n) is 4.42. The molecule has 0 saturated carbocycles. The van der Waals surface area contributed by atoms with Crippen LogP contribution < -0.4 is 10.2 Å². The molecule has 29 heavy (non-hydrogen) atoms. The Labute approximate surface area is 172 Å². The molecule has 1 aromatic carbocycles. The molecule has 2 aliphatic carbocycles. The minimum absolute atomic E-state index is 0.172. The Bertz CT molecular complexity index is 992. The van der Waals surface area contributed by atoms with Crippen molar-refractivity contribution in [1.82, 2.24) is 4.98 Å². The number of nitrogens with one attached hydrogen (secondary N) is 1. The Morgan fingerprint density at radius 1 is 1.07 bits per heavy atom. The lowest BCUT2D eigenvalue weighted by molar-refractivity contribution is -0.122. The van der Waals surface area contributed by atoms with Gasteiger partial charge in [0.05, 0.1) is 23.2 Å². The Balaban J connectivity index is 1.37. The first-order chi connectivity index (χ1) is 14.1. The Morgan fingerprint density at radius 2 is 1.79 bits per heavy atom. The maximum atomic E-state index is 12.8. The molecule has 3 amide bonds. The van der Waals surface area contributed by atoms with E-state index < -0.39 is 0 Å². The standard InChI is InChI=1S/C22H21N3O3S/c26-19(24-22-23-17-10-3-4-11-18(17)29-22)13-6-5-7-14(12-13)25-20(27)15-8-1-2-9-16(15)21(25)28/h1-2,5-7,12,15-16H,3-4,8-11H2,(H,23,24,26). The van der Waals surface area contributed by atoms with Gasteiger partial charge in [0, 0.05) is 10.4 Å². The van der Waals surface area contributed by atoms with E-state index in [1.54, 1.807) is 24.3 Å². The molecule has 2 aromatic rings. The van der Waals surface area contributed by atoms with Gasteiger partial charge in [0.15, 0.2) is 5.13 Å². The number of hydrogen-bond acceptors (Lipinski definition) is 5. The van der Waals surface area contributed by atoms with Crippen LogP contribution in [0.5, 0.6) is 0 Å². The molecule has 2 atom stereocenters. The van der Waals surface area contributed by atoms with Crippen molar-refractivity contribution in [3.8, 4) is 0 Å². The predicted octanol–water partition coefficient (Wildman–Crippen LogP) is 3.73. The molecule has 0 radical (unpaired) electrons. The first-order valence-corrected chi connectivity index (χ1v) is 10.9. The first-order valence-electron chi connectivity index (χ1n) is 10.0. The van der Waals surface area contributed by atoms with Crippen LogP contribution in [0.4, 0.5) is 10.8 Å². The highest BCUT2D eigenvalue weighted by atomic mass is 32.1. The SMILES string of the molecule is O=C(Nc1nc2c(s1)CCCC2)c1cccc(N2C(=O)C3CC=CCC3C2=O)c1. The molecule has 2 unspecified atom stereocenters. The molecular weight excluding hydrogens is 386 g/mol. The summed E-state index contributed by atoms with van der Waals surface area (Å²) in [5, 5.41) is 3.48. The number of nitrogens with zero attached hydrogens (tertiary/aromatic N) is 2. The number of fused-ring (bicyclic) bond motifs is 2. The molecule has 1 aromatic heterocycles. The molecule has 5 rings (SSSR count).